The Bertz CT molecular complexity index is 1190. The molecular weight excluding hydrogens is 384 g/mol. The van der Waals surface area contributed by atoms with Crippen LogP contribution in [0.15, 0.2) is 41.2 Å². The summed E-state index contributed by atoms with van der Waals surface area (Å²) in [6.45, 7) is 3.46. The van der Waals surface area contributed by atoms with E-state index in [-0.39, 0.29) is 28.1 Å². The molecule has 0 aliphatic carbocycles. The van der Waals surface area contributed by atoms with Crippen LogP contribution in [0.4, 0.5) is 14.5 Å². The Morgan fingerprint density at radius 1 is 1.10 bits per heavy atom. The van der Waals surface area contributed by atoms with Crippen LogP contribution in [0.3, 0.4) is 0 Å². The van der Waals surface area contributed by atoms with Crippen molar-refractivity contribution in [3.05, 3.63) is 69.6 Å². The van der Waals surface area contributed by atoms with Crippen LogP contribution in [0.5, 0.6) is 0 Å². The van der Waals surface area contributed by atoms with E-state index in [1.807, 2.05) is 0 Å². The van der Waals surface area contributed by atoms with Gasteiger partial charge in [0.1, 0.15) is 11.6 Å². The molecule has 1 amide bonds. The number of nitrogens with zero attached hydrogens (tertiary/aromatic N) is 2. The van der Waals surface area contributed by atoms with Crippen molar-refractivity contribution in [2.24, 2.45) is 0 Å². The molecule has 0 unspecified atom stereocenters. The van der Waals surface area contributed by atoms with Gasteiger partial charge in [-0.05, 0) is 26.0 Å². The van der Waals surface area contributed by atoms with Gasteiger partial charge >= 0.3 is 5.97 Å². The molecule has 0 bridgehead atoms. The van der Waals surface area contributed by atoms with Crippen molar-refractivity contribution in [3.8, 4) is 0 Å². The van der Waals surface area contributed by atoms with E-state index in [1.165, 1.54) is 0 Å². The zero-order valence-electron chi connectivity index (χ0n) is 15.8. The number of halogens is 2. The van der Waals surface area contributed by atoms with Crippen LogP contribution in [0, 0.1) is 11.6 Å². The molecule has 0 atom stereocenters. The highest BCUT2D eigenvalue weighted by atomic mass is 19.1. The number of ether oxygens (including phenoxy) is 1. The van der Waals surface area contributed by atoms with Gasteiger partial charge in [-0.25, -0.2) is 18.3 Å². The molecule has 29 heavy (non-hydrogen) atoms. The second-order valence-corrected chi connectivity index (χ2v) is 6.50. The first-order valence-corrected chi connectivity index (χ1v) is 8.64. The number of hydrogen-bond donors (Lipinski definition) is 1. The van der Waals surface area contributed by atoms with Gasteiger partial charge in [-0.2, -0.15) is 5.10 Å². The lowest BCUT2D eigenvalue weighted by molar-refractivity contribution is 0.0595. The third-order valence-corrected chi connectivity index (χ3v) is 4.24. The predicted octanol–water partition coefficient (Wildman–Crippen LogP) is 3.29. The quantitative estimate of drug-likeness (QED) is 0.678. The third kappa shape index (κ3) is 3.71. The summed E-state index contributed by atoms with van der Waals surface area (Å²) in [6.07, 6.45) is 0. The number of carbonyl (C=O) groups excluding carboxylic acids is 2. The maximum Gasteiger partial charge on any atom is 0.340 e. The first-order valence-electron chi connectivity index (χ1n) is 8.64. The smallest absolute Gasteiger partial charge is 0.340 e. The Balaban J connectivity index is 2.11. The van der Waals surface area contributed by atoms with Gasteiger partial charge < -0.3 is 10.1 Å². The zero-order valence-corrected chi connectivity index (χ0v) is 15.8. The maximum atomic E-state index is 14.2. The lowest BCUT2D eigenvalue weighted by atomic mass is 10.1. The summed E-state index contributed by atoms with van der Waals surface area (Å²) >= 11 is 0. The van der Waals surface area contributed by atoms with E-state index < -0.39 is 34.8 Å². The number of anilines is 1. The fourth-order valence-electron chi connectivity index (χ4n) is 2.82. The van der Waals surface area contributed by atoms with E-state index in [9.17, 15) is 23.2 Å². The number of amides is 1. The fourth-order valence-corrected chi connectivity index (χ4v) is 2.82. The summed E-state index contributed by atoms with van der Waals surface area (Å²) in [6, 6.07) is 7.38. The number of benzene rings is 2. The predicted molar refractivity (Wildman–Crippen MR) is 102 cm³/mol. The normalized spacial score (nSPS) is 11.0. The minimum atomic E-state index is -1.12. The van der Waals surface area contributed by atoms with Crippen LogP contribution in [0.25, 0.3) is 10.8 Å². The van der Waals surface area contributed by atoms with Crippen LogP contribution in [-0.2, 0) is 4.74 Å². The molecule has 9 heteroatoms. The number of rotatable bonds is 4. The molecule has 3 rings (SSSR count). The molecule has 1 aromatic heterocycles. The number of aromatic nitrogens is 2. The highest BCUT2D eigenvalue weighted by Gasteiger charge is 2.21. The van der Waals surface area contributed by atoms with Crippen molar-refractivity contribution < 1.29 is 23.1 Å². The van der Waals surface area contributed by atoms with Gasteiger partial charge in [0.15, 0.2) is 5.69 Å². The summed E-state index contributed by atoms with van der Waals surface area (Å²) in [4.78, 5) is 37.0. The van der Waals surface area contributed by atoms with E-state index >= 15 is 0 Å². The van der Waals surface area contributed by atoms with Crippen molar-refractivity contribution in [1.29, 1.82) is 0 Å². The second kappa shape index (κ2) is 7.78. The summed E-state index contributed by atoms with van der Waals surface area (Å²) in [5.74, 6) is -4.04. The van der Waals surface area contributed by atoms with Crippen molar-refractivity contribution >= 4 is 28.3 Å². The second-order valence-electron chi connectivity index (χ2n) is 6.50. The monoisotopic (exact) mass is 401 g/mol. The van der Waals surface area contributed by atoms with E-state index in [1.54, 1.807) is 38.1 Å². The largest absolute Gasteiger partial charge is 0.465 e. The maximum absolute atomic E-state index is 14.2. The van der Waals surface area contributed by atoms with Crippen LogP contribution >= 0.6 is 0 Å². The third-order valence-electron chi connectivity index (χ3n) is 4.24. The van der Waals surface area contributed by atoms with Crippen LogP contribution < -0.4 is 10.9 Å². The first-order chi connectivity index (χ1) is 13.7. The fraction of sp³-hybridized carbons (Fsp3) is 0.200. The Labute approximate surface area is 163 Å². The lowest BCUT2D eigenvalue weighted by Crippen LogP contribution is -2.29. The molecule has 0 radical (unpaired) electrons. The van der Waals surface area contributed by atoms with Gasteiger partial charge in [-0.3, -0.25) is 9.59 Å². The van der Waals surface area contributed by atoms with Gasteiger partial charge in [0, 0.05) is 11.5 Å². The highest BCUT2D eigenvalue weighted by Crippen LogP contribution is 2.22. The number of carbonyl (C=O) groups is 2. The zero-order chi connectivity index (χ0) is 21.3. The van der Waals surface area contributed by atoms with Crippen molar-refractivity contribution in [1.82, 2.24) is 9.78 Å². The number of nitrogens with one attached hydrogen (secondary N) is 1. The molecule has 3 aromatic rings. The minimum Gasteiger partial charge on any atom is -0.465 e. The molecule has 0 saturated carbocycles. The van der Waals surface area contributed by atoms with E-state index in [4.69, 9.17) is 0 Å². The Morgan fingerprint density at radius 3 is 2.38 bits per heavy atom. The van der Waals surface area contributed by atoms with Crippen molar-refractivity contribution in [2.45, 2.75) is 19.9 Å². The van der Waals surface area contributed by atoms with Crippen LogP contribution in [-0.4, -0.2) is 28.8 Å². The highest BCUT2D eigenvalue weighted by molar-refractivity contribution is 6.11. The van der Waals surface area contributed by atoms with E-state index in [0.717, 1.165) is 17.9 Å². The molecular formula is C20H17F2N3O4. The molecule has 1 heterocycles. The molecule has 0 aliphatic heterocycles. The first kappa shape index (κ1) is 20.1. The molecule has 0 spiro atoms. The number of fused-ring (bicyclic) bond motifs is 1. The average molecular weight is 401 g/mol. The molecule has 150 valence electrons. The molecule has 0 saturated heterocycles. The van der Waals surface area contributed by atoms with E-state index in [2.05, 4.69) is 15.2 Å². The van der Waals surface area contributed by atoms with Gasteiger partial charge in [-0.1, -0.05) is 18.2 Å². The minimum absolute atomic E-state index is 0.114. The van der Waals surface area contributed by atoms with Gasteiger partial charge in [0.25, 0.3) is 11.5 Å². The summed E-state index contributed by atoms with van der Waals surface area (Å²) in [5, 5.41) is 6.96. The molecule has 2 aromatic carbocycles. The summed E-state index contributed by atoms with van der Waals surface area (Å²) < 4.78 is 33.6. The summed E-state index contributed by atoms with van der Waals surface area (Å²) in [5.41, 5.74) is -1.44. The van der Waals surface area contributed by atoms with E-state index in [0.29, 0.717) is 6.07 Å². The summed E-state index contributed by atoms with van der Waals surface area (Å²) in [7, 11) is 1.05. The SMILES string of the molecule is COC(=O)c1cc(NC(=O)c2nn(C(C)C)c(=O)c3ccccc23)c(F)cc1F. The molecule has 1 N–H and O–H groups in total. The van der Waals surface area contributed by atoms with Crippen molar-refractivity contribution in [2.75, 3.05) is 12.4 Å². The molecule has 0 aliphatic rings. The average Bonchev–Trinajstić information content (AvgIpc) is 2.69. The number of esters is 1. The number of hydrogen-bond acceptors (Lipinski definition) is 5. The Kier molecular flexibility index (Phi) is 5.40. The topological polar surface area (TPSA) is 90.3 Å². The van der Waals surface area contributed by atoms with Crippen molar-refractivity contribution in [3.63, 3.8) is 0 Å². The molecule has 7 nitrogen and oxygen atoms in total. The Morgan fingerprint density at radius 2 is 1.76 bits per heavy atom. The Hall–Kier alpha value is -3.62. The van der Waals surface area contributed by atoms with Gasteiger partial charge in [0.2, 0.25) is 0 Å². The van der Waals surface area contributed by atoms with Crippen LogP contribution in [0.1, 0.15) is 40.7 Å². The van der Waals surface area contributed by atoms with Gasteiger partial charge in [-0.15, -0.1) is 0 Å². The number of methoxy groups -OCH3 is 1. The molecule has 0 fully saturated rings. The van der Waals surface area contributed by atoms with Crippen LogP contribution in [0.2, 0.25) is 0 Å². The lowest BCUT2D eigenvalue weighted by Gasteiger charge is -2.14. The van der Waals surface area contributed by atoms with Gasteiger partial charge in [0.05, 0.1) is 29.8 Å². The standard InChI is InChI=1S/C20H17F2N3O4/c1-10(2)25-19(27)12-7-5-4-6-11(12)17(24-25)18(26)23-16-8-13(20(28)29-3)14(21)9-15(16)22/h4-10H,1-3H3,(H,23,26).